The molecule has 1 aliphatic rings. The summed E-state index contributed by atoms with van der Waals surface area (Å²) < 4.78 is 28.0. The van der Waals surface area contributed by atoms with Crippen LogP contribution in [0.2, 0.25) is 0 Å². The van der Waals surface area contributed by atoms with Gasteiger partial charge in [-0.05, 0) is 18.3 Å². The lowest BCUT2D eigenvalue weighted by molar-refractivity contribution is -0.140. The van der Waals surface area contributed by atoms with Crippen molar-refractivity contribution in [2.75, 3.05) is 11.9 Å². The standard InChI is InChI=1S/C14H23BrF2N2O3/c1-13(2,3)9(18-12(21)22)8-19(11(20)7-15)10-5-4-6-14(10,16)17/h9-10,18H,4-8H2,1-3H3,(H,21,22). The predicted octanol–water partition coefficient (Wildman–Crippen LogP) is 3.08. The molecule has 1 rings (SSSR count). The minimum atomic E-state index is -2.93. The van der Waals surface area contributed by atoms with Crippen LogP contribution in [0.1, 0.15) is 40.0 Å². The number of nitrogens with one attached hydrogen (secondary N) is 1. The van der Waals surface area contributed by atoms with Gasteiger partial charge in [0.05, 0.1) is 17.4 Å². The predicted molar refractivity (Wildman–Crippen MR) is 82.5 cm³/mol. The highest BCUT2D eigenvalue weighted by Crippen LogP contribution is 2.39. The molecule has 0 heterocycles. The Bertz CT molecular complexity index is 427. The quantitative estimate of drug-likeness (QED) is 0.715. The van der Waals surface area contributed by atoms with Gasteiger partial charge in [-0.3, -0.25) is 4.79 Å². The third-order valence-corrected chi connectivity index (χ3v) is 4.49. The second kappa shape index (κ2) is 7.10. The molecule has 0 spiro atoms. The van der Waals surface area contributed by atoms with E-state index >= 15 is 0 Å². The van der Waals surface area contributed by atoms with Crippen LogP contribution in [0.4, 0.5) is 13.6 Å². The molecule has 0 aromatic heterocycles. The Kier molecular flexibility index (Phi) is 6.18. The minimum Gasteiger partial charge on any atom is -0.465 e. The molecule has 2 atom stereocenters. The van der Waals surface area contributed by atoms with Crippen molar-refractivity contribution in [3.05, 3.63) is 0 Å². The van der Waals surface area contributed by atoms with Gasteiger partial charge in [-0.25, -0.2) is 13.6 Å². The van der Waals surface area contributed by atoms with E-state index in [1.54, 1.807) is 20.8 Å². The number of halogens is 3. The van der Waals surface area contributed by atoms with Crippen molar-refractivity contribution in [3.8, 4) is 0 Å². The smallest absolute Gasteiger partial charge is 0.404 e. The molecule has 2 amide bonds. The minimum absolute atomic E-state index is 0.0660. The Morgan fingerprint density at radius 2 is 2.05 bits per heavy atom. The third-order valence-electron chi connectivity index (χ3n) is 4.01. The molecular weight excluding hydrogens is 362 g/mol. The van der Waals surface area contributed by atoms with Gasteiger partial charge < -0.3 is 15.3 Å². The van der Waals surface area contributed by atoms with Gasteiger partial charge in [0.1, 0.15) is 0 Å². The first-order valence-electron chi connectivity index (χ1n) is 7.21. The van der Waals surface area contributed by atoms with Gasteiger partial charge in [0.2, 0.25) is 5.91 Å². The second-order valence-corrected chi connectivity index (χ2v) is 7.28. The first-order chi connectivity index (χ1) is 9.99. The van der Waals surface area contributed by atoms with E-state index < -0.39 is 35.4 Å². The molecule has 128 valence electrons. The van der Waals surface area contributed by atoms with Crippen LogP contribution >= 0.6 is 15.9 Å². The van der Waals surface area contributed by atoms with Gasteiger partial charge in [-0.1, -0.05) is 36.7 Å². The highest BCUT2D eigenvalue weighted by molar-refractivity contribution is 9.09. The van der Waals surface area contributed by atoms with Crippen LogP contribution in [0.5, 0.6) is 0 Å². The van der Waals surface area contributed by atoms with E-state index in [4.69, 9.17) is 5.11 Å². The Morgan fingerprint density at radius 3 is 2.41 bits per heavy atom. The molecule has 2 N–H and O–H groups in total. The molecule has 0 bridgehead atoms. The van der Waals surface area contributed by atoms with Crippen LogP contribution in [-0.2, 0) is 4.79 Å². The van der Waals surface area contributed by atoms with Crippen molar-refractivity contribution in [2.24, 2.45) is 5.41 Å². The van der Waals surface area contributed by atoms with Crippen molar-refractivity contribution in [3.63, 3.8) is 0 Å². The normalized spacial score (nSPS) is 22.2. The number of amides is 2. The lowest BCUT2D eigenvalue weighted by Crippen LogP contribution is -2.57. The third kappa shape index (κ3) is 4.79. The van der Waals surface area contributed by atoms with Crippen LogP contribution in [0, 0.1) is 5.41 Å². The van der Waals surface area contributed by atoms with Gasteiger partial charge in [-0.2, -0.15) is 0 Å². The summed E-state index contributed by atoms with van der Waals surface area (Å²) in [4.78, 5) is 24.2. The van der Waals surface area contributed by atoms with Gasteiger partial charge in [0.15, 0.2) is 0 Å². The molecule has 22 heavy (non-hydrogen) atoms. The molecule has 0 aromatic carbocycles. The molecule has 8 heteroatoms. The summed E-state index contributed by atoms with van der Waals surface area (Å²) >= 11 is 3.02. The summed E-state index contributed by atoms with van der Waals surface area (Å²) in [5.74, 6) is -3.38. The lowest BCUT2D eigenvalue weighted by atomic mass is 9.86. The summed E-state index contributed by atoms with van der Waals surface area (Å²) in [6, 6.07) is -1.80. The zero-order valence-electron chi connectivity index (χ0n) is 13.0. The van der Waals surface area contributed by atoms with Gasteiger partial charge >= 0.3 is 6.09 Å². The van der Waals surface area contributed by atoms with Crippen molar-refractivity contribution in [1.29, 1.82) is 0 Å². The Hall–Kier alpha value is -0.920. The summed E-state index contributed by atoms with van der Waals surface area (Å²) in [5, 5.41) is 11.2. The van der Waals surface area contributed by atoms with E-state index in [9.17, 15) is 18.4 Å². The van der Waals surface area contributed by atoms with E-state index in [-0.39, 0.29) is 24.7 Å². The fraction of sp³-hybridized carbons (Fsp3) is 0.857. The summed E-state index contributed by atoms with van der Waals surface area (Å²) in [7, 11) is 0. The zero-order chi connectivity index (χ0) is 17.1. The number of carbonyl (C=O) groups is 2. The molecule has 1 aliphatic carbocycles. The van der Waals surface area contributed by atoms with E-state index in [1.807, 2.05) is 0 Å². The molecule has 0 aromatic rings. The van der Waals surface area contributed by atoms with Gasteiger partial charge in [-0.15, -0.1) is 0 Å². The average molecular weight is 385 g/mol. The number of rotatable bonds is 5. The van der Waals surface area contributed by atoms with Crippen LogP contribution in [0.15, 0.2) is 0 Å². The topological polar surface area (TPSA) is 69.6 Å². The lowest BCUT2D eigenvalue weighted by Gasteiger charge is -2.39. The molecule has 5 nitrogen and oxygen atoms in total. The van der Waals surface area contributed by atoms with E-state index in [0.717, 1.165) is 4.90 Å². The van der Waals surface area contributed by atoms with Crippen LogP contribution in [0.3, 0.4) is 0 Å². The summed E-state index contributed by atoms with van der Waals surface area (Å²) in [6.45, 7) is 5.34. The monoisotopic (exact) mass is 384 g/mol. The summed E-state index contributed by atoms with van der Waals surface area (Å²) in [5.41, 5.74) is -0.503. The van der Waals surface area contributed by atoms with Crippen molar-refractivity contribution < 1.29 is 23.5 Å². The Labute approximate surface area is 137 Å². The van der Waals surface area contributed by atoms with E-state index in [0.29, 0.717) is 6.42 Å². The number of nitrogens with zero attached hydrogens (tertiary/aromatic N) is 1. The maximum absolute atomic E-state index is 14.0. The maximum atomic E-state index is 14.0. The molecule has 0 aliphatic heterocycles. The maximum Gasteiger partial charge on any atom is 0.404 e. The molecule has 0 radical (unpaired) electrons. The number of hydrogen-bond acceptors (Lipinski definition) is 2. The van der Waals surface area contributed by atoms with Gasteiger partial charge in [0.25, 0.3) is 5.92 Å². The average Bonchev–Trinajstić information content (AvgIpc) is 2.71. The SMILES string of the molecule is CC(C)(C)C(CN(C(=O)CBr)C1CCCC1(F)F)NC(=O)O. The van der Waals surface area contributed by atoms with Crippen molar-refractivity contribution in [2.45, 2.75) is 58.0 Å². The number of hydrogen-bond donors (Lipinski definition) is 2. The van der Waals surface area contributed by atoms with Crippen LogP contribution in [0.25, 0.3) is 0 Å². The van der Waals surface area contributed by atoms with E-state index in [2.05, 4.69) is 21.2 Å². The fourth-order valence-corrected chi connectivity index (χ4v) is 2.98. The second-order valence-electron chi connectivity index (χ2n) is 6.72. The molecule has 1 fully saturated rings. The highest BCUT2D eigenvalue weighted by atomic mass is 79.9. The van der Waals surface area contributed by atoms with Crippen molar-refractivity contribution in [1.82, 2.24) is 10.2 Å². The summed E-state index contributed by atoms with van der Waals surface area (Å²) in [6.07, 6.45) is -0.883. The molecule has 0 saturated heterocycles. The van der Waals surface area contributed by atoms with Gasteiger partial charge in [0, 0.05) is 13.0 Å². The zero-order valence-corrected chi connectivity index (χ0v) is 14.6. The highest BCUT2D eigenvalue weighted by Gasteiger charge is 2.49. The fourth-order valence-electron chi connectivity index (χ4n) is 2.65. The van der Waals surface area contributed by atoms with Crippen LogP contribution < -0.4 is 5.32 Å². The van der Waals surface area contributed by atoms with Crippen molar-refractivity contribution >= 4 is 27.9 Å². The molecule has 2 unspecified atom stereocenters. The molecular formula is C14H23BrF2N2O3. The Morgan fingerprint density at radius 1 is 1.45 bits per heavy atom. The largest absolute Gasteiger partial charge is 0.465 e. The number of carboxylic acid groups (broad SMARTS) is 1. The van der Waals surface area contributed by atoms with E-state index in [1.165, 1.54) is 0 Å². The molecule has 1 saturated carbocycles. The first-order valence-corrected chi connectivity index (χ1v) is 8.34. The van der Waals surface area contributed by atoms with Crippen LogP contribution in [-0.4, -0.2) is 51.9 Å². The first kappa shape index (κ1) is 19.1. The Balaban J connectivity index is 3.01. The number of alkyl halides is 3. The number of carbonyl (C=O) groups excluding carboxylic acids is 1.